The number of benzene rings is 2. The standard InChI is InChI=1S/C20H22BrFN2O3S/c21-16-4-1-3-15(13-16)20(10-2-11-20)14-23-19(25)9-12-24-28(26,27)18-7-5-17(22)6-8-18/h1,3-8,13,24H,2,9-12,14H2,(H,23,25). The number of carbonyl (C=O) groups excluding carboxylic acids is 1. The minimum absolute atomic E-state index is 0.0184. The number of sulfonamides is 1. The van der Waals surface area contributed by atoms with E-state index in [4.69, 9.17) is 0 Å². The summed E-state index contributed by atoms with van der Waals surface area (Å²) in [6, 6.07) is 12.7. The van der Waals surface area contributed by atoms with Crippen molar-refractivity contribution in [2.75, 3.05) is 13.1 Å². The summed E-state index contributed by atoms with van der Waals surface area (Å²) in [5, 5.41) is 2.94. The minimum Gasteiger partial charge on any atom is -0.355 e. The molecule has 0 saturated heterocycles. The van der Waals surface area contributed by atoms with Gasteiger partial charge in [0.25, 0.3) is 0 Å². The van der Waals surface area contributed by atoms with Gasteiger partial charge < -0.3 is 5.32 Å². The third-order valence-corrected chi connectivity index (χ3v) is 7.11. The van der Waals surface area contributed by atoms with Crippen LogP contribution < -0.4 is 10.0 Å². The topological polar surface area (TPSA) is 75.3 Å². The summed E-state index contributed by atoms with van der Waals surface area (Å²) in [4.78, 5) is 12.2. The van der Waals surface area contributed by atoms with Gasteiger partial charge in [-0.1, -0.05) is 34.5 Å². The van der Waals surface area contributed by atoms with E-state index in [-0.39, 0.29) is 29.2 Å². The molecule has 0 heterocycles. The Labute approximate surface area is 172 Å². The van der Waals surface area contributed by atoms with Crippen LogP contribution in [0.1, 0.15) is 31.2 Å². The number of carbonyl (C=O) groups is 1. The van der Waals surface area contributed by atoms with E-state index in [2.05, 4.69) is 38.1 Å². The molecule has 150 valence electrons. The molecule has 8 heteroatoms. The molecule has 0 spiro atoms. The van der Waals surface area contributed by atoms with Crippen LogP contribution in [0, 0.1) is 5.82 Å². The van der Waals surface area contributed by atoms with E-state index < -0.39 is 15.8 Å². The van der Waals surface area contributed by atoms with Crippen LogP contribution >= 0.6 is 15.9 Å². The van der Waals surface area contributed by atoms with Crippen molar-refractivity contribution in [3.05, 3.63) is 64.4 Å². The molecular weight excluding hydrogens is 447 g/mol. The number of nitrogens with one attached hydrogen (secondary N) is 2. The molecule has 1 saturated carbocycles. The monoisotopic (exact) mass is 468 g/mol. The highest BCUT2D eigenvalue weighted by atomic mass is 79.9. The van der Waals surface area contributed by atoms with Crippen molar-refractivity contribution >= 4 is 31.9 Å². The molecule has 5 nitrogen and oxygen atoms in total. The molecule has 0 aromatic heterocycles. The Kier molecular flexibility index (Phi) is 6.52. The van der Waals surface area contributed by atoms with Crippen molar-refractivity contribution in [2.24, 2.45) is 0 Å². The summed E-state index contributed by atoms with van der Waals surface area (Å²) in [6.07, 6.45) is 3.19. The first-order valence-electron chi connectivity index (χ1n) is 9.09. The summed E-state index contributed by atoms with van der Waals surface area (Å²) >= 11 is 3.49. The lowest BCUT2D eigenvalue weighted by atomic mass is 9.64. The van der Waals surface area contributed by atoms with Crippen LogP contribution in [-0.4, -0.2) is 27.4 Å². The van der Waals surface area contributed by atoms with Crippen molar-refractivity contribution in [2.45, 2.75) is 36.0 Å². The Balaban J connectivity index is 1.50. The van der Waals surface area contributed by atoms with E-state index in [1.165, 1.54) is 17.7 Å². The van der Waals surface area contributed by atoms with Gasteiger partial charge in [0.05, 0.1) is 4.90 Å². The molecule has 2 N–H and O–H groups in total. The van der Waals surface area contributed by atoms with Gasteiger partial charge in [-0.3, -0.25) is 4.79 Å². The van der Waals surface area contributed by atoms with Crippen LogP contribution in [-0.2, 0) is 20.2 Å². The smallest absolute Gasteiger partial charge is 0.240 e. The van der Waals surface area contributed by atoms with Crippen LogP contribution in [0.25, 0.3) is 0 Å². The molecule has 0 atom stereocenters. The van der Waals surface area contributed by atoms with E-state index >= 15 is 0 Å². The Bertz CT molecular complexity index is 944. The number of halogens is 2. The van der Waals surface area contributed by atoms with Crippen molar-refractivity contribution in [1.82, 2.24) is 10.0 Å². The Hall–Kier alpha value is -1.77. The zero-order chi connectivity index (χ0) is 20.2. The van der Waals surface area contributed by atoms with E-state index in [1.54, 1.807) is 0 Å². The van der Waals surface area contributed by atoms with Gasteiger partial charge >= 0.3 is 0 Å². The van der Waals surface area contributed by atoms with Gasteiger partial charge in [0.2, 0.25) is 15.9 Å². The Morgan fingerprint density at radius 3 is 2.46 bits per heavy atom. The van der Waals surface area contributed by atoms with Crippen molar-refractivity contribution in [1.29, 1.82) is 0 Å². The van der Waals surface area contributed by atoms with Gasteiger partial charge in [0.15, 0.2) is 0 Å². The lowest BCUT2D eigenvalue weighted by Gasteiger charge is -2.42. The SMILES string of the molecule is O=C(CCNS(=O)(=O)c1ccc(F)cc1)NCC1(c2cccc(Br)c2)CCC1. The molecule has 0 radical (unpaired) electrons. The van der Waals surface area contributed by atoms with E-state index in [9.17, 15) is 17.6 Å². The zero-order valence-corrected chi connectivity index (χ0v) is 17.7. The maximum atomic E-state index is 12.9. The summed E-state index contributed by atoms with van der Waals surface area (Å²) in [5.41, 5.74) is 1.15. The van der Waals surface area contributed by atoms with E-state index in [1.807, 2.05) is 12.1 Å². The first-order chi connectivity index (χ1) is 13.3. The predicted molar refractivity (Wildman–Crippen MR) is 109 cm³/mol. The second kappa shape index (κ2) is 8.71. The highest BCUT2D eigenvalue weighted by Gasteiger charge is 2.38. The summed E-state index contributed by atoms with van der Waals surface area (Å²) in [7, 11) is -3.76. The Morgan fingerprint density at radius 1 is 1.14 bits per heavy atom. The van der Waals surface area contributed by atoms with Crippen LogP contribution in [0.5, 0.6) is 0 Å². The number of amides is 1. The molecule has 1 aliphatic carbocycles. The average Bonchev–Trinajstić information content (AvgIpc) is 2.61. The van der Waals surface area contributed by atoms with Crippen molar-refractivity contribution in [3.63, 3.8) is 0 Å². The van der Waals surface area contributed by atoms with Crippen LogP contribution in [0.4, 0.5) is 4.39 Å². The summed E-state index contributed by atoms with van der Waals surface area (Å²) < 4.78 is 40.6. The first kappa shape index (κ1) is 21.0. The third kappa shape index (κ3) is 4.98. The average molecular weight is 469 g/mol. The van der Waals surface area contributed by atoms with Crippen molar-refractivity contribution < 1.29 is 17.6 Å². The first-order valence-corrected chi connectivity index (χ1v) is 11.4. The summed E-state index contributed by atoms with van der Waals surface area (Å²) in [5.74, 6) is -0.711. The highest BCUT2D eigenvalue weighted by Crippen LogP contribution is 2.43. The normalized spacial score (nSPS) is 15.6. The maximum Gasteiger partial charge on any atom is 0.240 e. The second-order valence-electron chi connectivity index (χ2n) is 7.02. The van der Waals surface area contributed by atoms with Gasteiger partial charge in [-0.15, -0.1) is 0 Å². The van der Waals surface area contributed by atoms with Gasteiger partial charge in [-0.25, -0.2) is 17.5 Å². The van der Waals surface area contributed by atoms with E-state index in [0.717, 1.165) is 35.9 Å². The molecule has 28 heavy (non-hydrogen) atoms. The second-order valence-corrected chi connectivity index (χ2v) is 9.71. The fourth-order valence-corrected chi connectivity index (χ4v) is 4.77. The molecule has 2 aromatic rings. The molecule has 2 aromatic carbocycles. The van der Waals surface area contributed by atoms with Crippen molar-refractivity contribution in [3.8, 4) is 0 Å². The molecule has 0 aliphatic heterocycles. The lowest BCUT2D eigenvalue weighted by Crippen LogP contribution is -2.46. The molecule has 1 amide bonds. The Morgan fingerprint density at radius 2 is 1.86 bits per heavy atom. The van der Waals surface area contributed by atoms with Gasteiger partial charge in [0, 0.05) is 29.4 Å². The molecule has 1 fully saturated rings. The van der Waals surface area contributed by atoms with Crippen LogP contribution in [0.15, 0.2) is 57.9 Å². The van der Waals surface area contributed by atoms with Gasteiger partial charge in [0.1, 0.15) is 5.82 Å². The number of hydrogen-bond donors (Lipinski definition) is 2. The third-order valence-electron chi connectivity index (χ3n) is 5.14. The van der Waals surface area contributed by atoms with E-state index in [0.29, 0.717) is 6.54 Å². The molecular formula is C20H22BrFN2O3S. The fourth-order valence-electron chi connectivity index (χ4n) is 3.34. The molecule has 1 aliphatic rings. The largest absolute Gasteiger partial charge is 0.355 e. The lowest BCUT2D eigenvalue weighted by molar-refractivity contribution is -0.121. The number of rotatable bonds is 8. The zero-order valence-electron chi connectivity index (χ0n) is 15.3. The molecule has 0 unspecified atom stereocenters. The molecule has 0 bridgehead atoms. The summed E-state index contributed by atoms with van der Waals surface area (Å²) in [6.45, 7) is 0.516. The minimum atomic E-state index is -3.76. The fraction of sp³-hybridized carbons (Fsp3) is 0.350. The van der Waals surface area contributed by atoms with Crippen LogP contribution in [0.2, 0.25) is 0 Å². The molecule has 3 rings (SSSR count). The highest BCUT2D eigenvalue weighted by molar-refractivity contribution is 9.10. The van der Waals surface area contributed by atoms with Crippen LogP contribution in [0.3, 0.4) is 0 Å². The van der Waals surface area contributed by atoms with Gasteiger partial charge in [-0.05, 0) is 54.8 Å². The predicted octanol–water partition coefficient (Wildman–Crippen LogP) is 3.49. The van der Waals surface area contributed by atoms with Gasteiger partial charge in [-0.2, -0.15) is 0 Å². The number of hydrogen-bond acceptors (Lipinski definition) is 3. The quantitative estimate of drug-likeness (QED) is 0.622. The maximum absolute atomic E-state index is 12.9.